The van der Waals surface area contributed by atoms with Gasteiger partial charge in [-0.15, -0.1) is 0 Å². The van der Waals surface area contributed by atoms with Gasteiger partial charge in [0.15, 0.2) is 5.65 Å². The van der Waals surface area contributed by atoms with Gasteiger partial charge in [-0.05, 0) is 30.9 Å². The molecule has 4 rings (SSSR count). The molecule has 1 aliphatic carbocycles. The minimum Gasteiger partial charge on any atom is -0.329 e. The lowest BCUT2D eigenvalue weighted by atomic mass is 9.89. The van der Waals surface area contributed by atoms with E-state index in [1.807, 2.05) is 24.8 Å². The minimum atomic E-state index is 0.785. The zero-order valence-electron chi connectivity index (χ0n) is 12.7. The molecule has 0 aromatic carbocycles. The van der Waals surface area contributed by atoms with Gasteiger partial charge in [0.25, 0.3) is 0 Å². The first-order valence-electron chi connectivity index (χ1n) is 8.11. The van der Waals surface area contributed by atoms with Crippen molar-refractivity contribution in [1.82, 2.24) is 19.5 Å². The highest BCUT2D eigenvalue weighted by Gasteiger charge is 2.15. The van der Waals surface area contributed by atoms with Crippen LogP contribution in [0.25, 0.3) is 22.3 Å². The molecule has 0 aliphatic heterocycles. The molecule has 0 spiro atoms. The van der Waals surface area contributed by atoms with E-state index in [0.29, 0.717) is 0 Å². The smallest absolute Gasteiger partial charge is 0.177 e. The molecular formula is C18H20N4. The van der Waals surface area contributed by atoms with Gasteiger partial charge in [-0.3, -0.25) is 4.98 Å². The van der Waals surface area contributed by atoms with Gasteiger partial charge >= 0.3 is 0 Å². The van der Waals surface area contributed by atoms with Crippen LogP contribution in [0.15, 0.2) is 43.1 Å². The number of nitrogens with zero attached hydrogens (tertiary/aromatic N) is 4. The third-order valence-electron chi connectivity index (χ3n) is 4.65. The van der Waals surface area contributed by atoms with Crippen molar-refractivity contribution in [2.24, 2.45) is 5.92 Å². The molecule has 0 atom stereocenters. The number of hydrogen-bond acceptors (Lipinski definition) is 3. The Kier molecular flexibility index (Phi) is 3.59. The summed E-state index contributed by atoms with van der Waals surface area (Å²) < 4.78 is 2.28. The maximum absolute atomic E-state index is 4.51. The highest BCUT2D eigenvalue weighted by atomic mass is 15.1. The zero-order valence-corrected chi connectivity index (χ0v) is 12.7. The average molecular weight is 292 g/mol. The number of aromatic nitrogens is 4. The van der Waals surface area contributed by atoms with Crippen LogP contribution < -0.4 is 0 Å². The van der Waals surface area contributed by atoms with E-state index in [1.54, 1.807) is 6.20 Å². The lowest BCUT2D eigenvalue weighted by molar-refractivity contribution is 0.322. The van der Waals surface area contributed by atoms with E-state index < -0.39 is 0 Å². The summed E-state index contributed by atoms with van der Waals surface area (Å²) in [5.74, 6) is 0.785. The predicted octanol–water partition coefficient (Wildman–Crippen LogP) is 4.07. The molecule has 4 heteroatoms. The largest absolute Gasteiger partial charge is 0.329 e. The quantitative estimate of drug-likeness (QED) is 0.730. The van der Waals surface area contributed by atoms with Crippen LogP contribution in [-0.4, -0.2) is 19.5 Å². The summed E-state index contributed by atoms with van der Waals surface area (Å²) in [6.07, 6.45) is 14.3. The first kappa shape index (κ1) is 13.4. The van der Waals surface area contributed by atoms with Crippen molar-refractivity contribution in [1.29, 1.82) is 0 Å². The summed E-state index contributed by atoms with van der Waals surface area (Å²) in [7, 11) is 0. The fourth-order valence-electron chi connectivity index (χ4n) is 3.43. The van der Waals surface area contributed by atoms with Crippen molar-refractivity contribution in [3.05, 3.63) is 43.1 Å². The SMILES string of the molecule is c1cncc(-c2cnc3ncn(CC4CCCCC4)c3c2)c1. The fraction of sp³-hybridized carbons (Fsp3) is 0.389. The second kappa shape index (κ2) is 5.87. The molecule has 3 aromatic heterocycles. The third kappa shape index (κ3) is 2.61. The van der Waals surface area contributed by atoms with Crippen LogP contribution in [0, 0.1) is 5.92 Å². The van der Waals surface area contributed by atoms with Crippen molar-refractivity contribution in [2.75, 3.05) is 0 Å². The van der Waals surface area contributed by atoms with E-state index in [4.69, 9.17) is 0 Å². The van der Waals surface area contributed by atoms with E-state index in [9.17, 15) is 0 Å². The summed E-state index contributed by atoms with van der Waals surface area (Å²) in [6.45, 7) is 1.06. The van der Waals surface area contributed by atoms with Crippen molar-refractivity contribution >= 4 is 11.2 Å². The Balaban J connectivity index is 1.67. The maximum Gasteiger partial charge on any atom is 0.177 e. The Bertz CT molecular complexity index is 757. The van der Waals surface area contributed by atoms with Gasteiger partial charge < -0.3 is 4.57 Å². The molecule has 0 saturated heterocycles. The predicted molar refractivity (Wildman–Crippen MR) is 87.3 cm³/mol. The maximum atomic E-state index is 4.51. The fourth-order valence-corrected chi connectivity index (χ4v) is 3.43. The summed E-state index contributed by atoms with van der Waals surface area (Å²) in [4.78, 5) is 13.2. The molecule has 0 N–H and O–H groups in total. The number of pyridine rings is 2. The molecule has 112 valence electrons. The number of hydrogen-bond donors (Lipinski definition) is 0. The molecule has 0 radical (unpaired) electrons. The first-order chi connectivity index (χ1) is 10.9. The Hall–Kier alpha value is -2.23. The standard InChI is InChI=1S/C18H20N4/c1-2-5-14(6-3-1)12-22-13-21-18-17(22)9-16(11-20-18)15-7-4-8-19-10-15/h4,7-11,13-14H,1-3,5-6,12H2. The molecule has 0 bridgehead atoms. The van der Waals surface area contributed by atoms with Crippen LogP contribution >= 0.6 is 0 Å². The minimum absolute atomic E-state index is 0.785. The van der Waals surface area contributed by atoms with Crippen molar-refractivity contribution in [2.45, 2.75) is 38.6 Å². The first-order valence-corrected chi connectivity index (χ1v) is 8.11. The molecule has 1 aliphatic rings. The summed E-state index contributed by atoms with van der Waals surface area (Å²) in [6, 6.07) is 6.21. The molecule has 1 saturated carbocycles. The van der Waals surface area contributed by atoms with Gasteiger partial charge in [0.05, 0.1) is 11.8 Å². The second-order valence-electron chi connectivity index (χ2n) is 6.21. The average Bonchev–Trinajstić information content (AvgIpc) is 2.99. The molecule has 0 unspecified atom stereocenters. The lowest BCUT2D eigenvalue weighted by Gasteiger charge is -2.22. The Morgan fingerprint density at radius 1 is 1.05 bits per heavy atom. The highest BCUT2D eigenvalue weighted by Crippen LogP contribution is 2.27. The number of fused-ring (bicyclic) bond motifs is 1. The third-order valence-corrected chi connectivity index (χ3v) is 4.65. The van der Waals surface area contributed by atoms with Crippen LogP contribution in [0.2, 0.25) is 0 Å². The summed E-state index contributed by atoms with van der Waals surface area (Å²) >= 11 is 0. The summed E-state index contributed by atoms with van der Waals surface area (Å²) in [5.41, 5.74) is 4.17. The van der Waals surface area contributed by atoms with Gasteiger partial charge in [0.2, 0.25) is 0 Å². The monoisotopic (exact) mass is 292 g/mol. The van der Waals surface area contributed by atoms with E-state index in [1.165, 1.54) is 32.1 Å². The van der Waals surface area contributed by atoms with Crippen LogP contribution in [-0.2, 0) is 6.54 Å². The van der Waals surface area contributed by atoms with E-state index in [-0.39, 0.29) is 0 Å². The molecule has 3 heterocycles. The zero-order chi connectivity index (χ0) is 14.8. The van der Waals surface area contributed by atoms with Crippen molar-refractivity contribution in [3.63, 3.8) is 0 Å². The molecule has 22 heavy (non-hydrogen) atoms. The molecule has 4 nitrogen and oxygen atoms in total. The van der Waals surface area contributed by atoms with Crippen molar-refractivity contribution < 1.29 is 0 Å². The topological polar surface area (TPSA) is 43.6 Å². The number of imidazole rings is 1. The van der Waals surface area contributed by atoms with E-state index in [0.717, 1.165) is 34.8 Å². The van der Waals surface area contributed by atoms with E-state index in [2.05, 4.69) is 31.7 Å². The molecular weight excluding hydrogens is 272 g/mol. The van der Waals surface area contributed by atoms with Gasteiger partial charge in [-0.25, -0.2) is 9.97 Å². The van der Waals surface area contributed by atoms with Gasteiger partial charge in [-0.1, -0.05) is 25.3 Å². The molecule has 3 aromatic rings. The highest BCUT2D eigenvalue weighted by molar-refractivity contribution is 5.78. The lowest BCUT2D eigenvalue weighted by Crippen LogP contribution is -2.13. The van der Waals surface area contributed by atoms with E-state index >= 15 is 0 Å². The van der Waals surface area contributed by atoms with Crippen LogP contribution in [0.5, 0.6) is 0 Å². The molecule has 1 fully saturated rings. The van der Waals surface area contributed by atoms with Crippen LogP contribution in [0.3, 0.4) is 0 Å². The van der Waals surface area contributed by atoms with Crippen molar-refractivity contribution in [3.8, 4) is 11.1 Å². The Labute approximate surface area is 130 Å². The van der Waals surface area contributed by atoms with Crippen LogP contribution in [0.4, 0.5) is 0 Å². The second-order valence-corrected chi connectivity index (χ2v) is 6.21. The van der Waals surface area contributed by atoms with Gasteiger partial charge in [0.1, 0.15) is 0 Å². The molecule has 0 amide bonds. The Morgan fingerprint density at radius 3 is 2.77 bits per heavy atom. The normalized spacial score (nSPS) is 16.2. The van der Waals surface area contributed by atoms with Gasteiger partial charge in [0, 0.05) is 36.3 Å². The Morgan fingerprint density at radius 2 is 1.95 bits per heavy atom. The summed E-state index contributed by atoms with van der Waals surface area (Å²) in [5, 5.41) is 0. The van der Waals surface area contributed by atoms with Crippen LogP contribution in [0.1, 0.15) is 32.1 Å². The number of rotatable bonds is 3. The van der Waals surface area contributed by atoms with Gasteiger partial charge in [-0.2, -0.15) is 0 Å².